The van der Waals surface area contributed by atoms with Crippen LogP contribution in [-0.4, -0.2) is 25.7 Å². The van der Waals surface area contributed by atoms with Crippen LogP contribution in [0.15, 0.2) is 24.3 Å². The number of rotatable bonds is 8. The number of methoxy groups -OCH3 is 1. The molecule has 0 aliphatic carbocycles. The number of hydrogen-bond acceptors (Lipinski definition) is 3. The topological polar surface area (TPSA) is 64.3 Å². The minimum Gasteiger partial charge on any atom is -0.380 e. The second kappa shape index (κ2) is 10.6. The summed E-state index contributed by atoms with van der Waals surface area (Å²) in [6.45, 7) is 4.09. The molecule has 1 aromatic carbocycles. The van der Waals surface area contributed by atoms with E-state index in [1.165, 1.54) is 13.2 Å². The lowest BCUT2D eigenvalue weighted by atomic mass is 9.95. The van der Waals surface area contributed by atoms with E-state index < -0.39 is 23.9 Å². The Morgan fingerprint density at radius 3 is 2.44 bits per heavy atom. The van der Waals surface area contributed by atoms with Crippen LogP contribution in [-0.2, 0) is 15.7 Å². The summed E-state index contributed by atoms with van der Waals surface area (Å²) >= 11 is 0. The highest BCUT2D eigenvalue weighted by atomic mass is 35.5. The average Bonchev–Trinajstić information content (AvgIpc) is 2.50. The molecule has 8 heteroatoms. The fourth-order valence-corrected chi connectivity index (χ4v) is 2.40. The molecule has 0 spiro atoms. The molecule has 1 aromatic rings. The van der Waals surface area contributed by atoms with E-state index in [4.69, 9.17) is 10.5 Å². The zero-order chi connectivity index (χ0) is 18.3. The van der Waals surface area contributed by atoms with E-state index in [-0.39, 0.29) is 37.2 Å². The Morgan fingerprint density at radius 2 is 1.96 bits per heavy atom. The Balaban J connectivity index is 0.00000576. The molecule has 1 rings (SSSR count). The lowest BCUT2D eigenvalue weighted by Crippen LogP contribution is -2.35. The molecule has 3 N–H and O–H groups in total. The zero-order valence-corrected chi connectivity index (χ0v) is 15.4. The number of benzene rings is 1. The summed E-state index contributed by atoms with van der Waals surface area (Å²) < 4.78 is 43.8. The normalized spacial score (nSPS) is 13.9. The molecule has 0 aliphatic heterocycles. The first-order chi connectivity index (χ1) is 11.2. The fraction of sp³-hybridized carbons (Fsp3) is 0.588. The maximum atomic E-state index is 12.9. The van der Waals surface area contributed by atoms with Crippen molar-refractivity contribution < 1.29 is 22.7 Å². The number of ether oxygens (including phenoxy) is 1. The highest BCUT2D eigenvalue weighted by molar-refractivity contribution is 5.85. The van der Waals surface area contributed by atoms with E-state index >= 15 is 0 Å². The average molecular weight is 383 g/mol. The number of carbonyl (C=O) groups excluding carboxylic acids is 1. The molecule has 0 saturated carbocycles. The predicted molar refractivity (Wildman–Crippen MR) is 93.5 cm³/mol. The van der Waals surface area contributed by atoms with Gasteiger partial charge in [-0.05, 0) is 30.0 Å². The van der Waals surface area contributed by atoms with Gasteiger partial charge in [0, 0.05) is 13.7 Å². The number of nitrogens with one attached hydrogen (secondary N) is 1. The number of alkyl halides is 3. The number of hydrogen-bond donors (Lipinski definition) is 2. The van der Waals surface area contributed by atoms with Gasteiger partial charge in [0.2, 0.25) is 5.91 Å². The lowest BCUT2D eigenvalue weighted by molar-refractivity contribution is -0.137. The molecule has 25 heavy (non-hydrogen) atoms. The third-order valence-electron chi connectivity index (χ3n) is 3.67. The molecule has 0 fully saturated rings. The Hall–Kier alpha value is -1.31. The summed E-state index contributed by atoms with van der Waals surface area (Å²) in [5.41, 5.74) is 5.21. The standard InChI is InChI=1S/C17H25F3N2O2.ClH/c1-11(2)7-15(22-16(23)9-14(10-21)24-3)12-5-4-6-13(8-12)17(18,19)20;/h4-6,8,11,14-15H,7,9-10,21H2,1-3H3,(H,22,23);1H. The van der Waals surface area contributed by atoms with Crippen LogP contribution in [0.2, 0.25) is 0 Å². The quantitative estimate of drug-likeness (QED) is 0.720. The molecular formula is C17H26ClF3N2O2. The predicted octanol–water partition coefficient (Wildman–Crippen LogP) is 3.69. The van der Waals surface area contributed by atoms with Crippen molar-refractivity contribution in [3.05, 3.63) is 35.4 Å². The molecular weight excluding hydrogens is 357 g/mol. The van der Waals surface area contributed by atoms with Crippen molar-refractivity contribution in [3.63, 3.8) is 0 Å². The number of nitrogens with two attached hydrogens (primary N) is 1. The maximum Gasteiger partial charge on any atom is 0.416 e. The minimum atomic E-state index is -4.41. The van der Waals surface area contributed by atoms with Crippen molar-refractivity contribution >= 4 is 18.3 Å². The van der Waals surface area contributed by atoms with Gasteiger partial charge < -0.3 is 15.8 Å². The molecule has 1 amide bonds. The Labute approximate surface area is 152 Å². The van der Waals surface area contributed by atoms with Gasteiger partial charge >= 0.3 is 6.18 Å². The molecule has 0 heterocycles. The van der Waals surface area contributed by atoms with E-state index in [1.54, 1.807) is 6.07 Å². The van der Waals surface area contributed by atoms with Crippen molar-refractivity contribution in [3.8, 4) is 0 Å². The number of halogens is 4. The molecule has 144 valence electrons. The second-order valence-corrected chi connectivity index (χ2v) is 6.17. The van der Waals surface area contributed by atoms with Gasteiger partial charge in [0.1, 0.15) is 0 Å². The van der Waals surface area contributed by atoms with Crippen molar-refractivity contribution in [2.24, 2.45) is 11.7 Å². The molecule has 0 aromatic heterocycles. The van der Waals surface area contributed by atoms with Crippen molar-refractivity contribution in [1.82, 2.24) is 5.32 Å². The summed E-state index contributed by atoms with van der Waals surface area (Å²) in [4.78, 5) is 12.1. The van der Waals surface area contributed by atoms with Crippen molar-refractivity contribution in [1.29, 1.82) is 0 Å². The van der Waals surface area contributed by atoms with Gasteiger partial charge in [-0.15, -0.1) is 12.4 Å². The van der Waals surface area contributed by atoms with Crippen LogP contribution in [0.4, 0.5) is 13.2 Å². The summed E-state index contributed by atoms with van der Waals surface area (Å²) in [5, 5.41) is 2.80. The molecule has 0 radical (unpaired) electrons. The Morgan fingerprint density at radius 1 is 1.32 bits per heavy atom. The van der Waals surface area contributed by atoms with Crippen LogP contribution in [0.5, 0.6) is 0 Å². The van der Waals surface area contributed by atoms with Crippen LogP contribution in [0.25, 0.3) is 0 Å². The third-order valence-corrected chi connectivity index (χ3v) is 3.67. The van der Waals surface area contributed by atoms with Gasteiger partial charge in [0.15, 0.2) is 0 Å². The molecule has 0 aliphatic rings. The first kappa shape index (κ1) is 23.7. The van der Waals surface area contributed by atoms with Gasteiger partial charge in [-0.3, -0.25) is 4.79 Å². The monoisotopic (exact) mass is 382 g/mol. The summed E-state index contributed by atoms with van der Waals surface area (Å²) in [7, 11) is 1.46. The number of amides is 1. The molecule has 2 unspecified atom stereocenters. The summed E-state index contributed by atoms with van der Waals surface area (Å²) in [6.07, 6.45) is -4.22. The van der Waals surface area contributed by atoms with Crippen LogP contribution in [0.1, 0.15) is 43.9 Å². The molecule has 2 atom stereocenters. The van der Waals surface area contributed by atoms with Crippen molar-refractivity contribution in [2.45, 2.75) is 45.0 Å². The first-order valence-electron chi connectivity index (χ1n) is 7.86. The van der Waals surface area contributed by atoms with Crippen LogP contribution in [0.3, 0.4) is 0 Å². The van der Waals surface area contributed by atoms with Gasteiger partial charge in [-0.2, -0.15) is 13.2 Å². The highest BCUT2D eigenvalue weighted by Gasteiger charge is 2.31. The van der Waals surface area contributed by atoms with Crippen LogP contribution in [0, 0.1) is 5.92 Å². The zero-order valence-electron chi connectivity index (χ0n) is 14.6. The molecule has 0 saturated heterocycles. The van der Waals surface area contributed by atoms with Gasteiger partial charge in [-0.25, -0.2) is 0 Å². The summed E-state index contributed by atoms with van der Waals surface area (Å²) in [5.74, 6) is -0.0899. The molecule has 4 nitrogen and oxygen atoms in total. The maximum absolute atomic E-state index is 12.9. The largest absolute Gasteiger partial charge is 0.416 e. The Bertz CT molecular complexity index is 535. The SMILES string of the molecule is COC(CN)CC(=O)NC(CC(C)C)c1cccc(C(F)(F)F)c1.Cl. The molecule has 0 bridgehead atoms. The van der Waals surface area contributed by atoms with Gasteiger partial charge in [0.05, 0.1) is 24.1 Å². The lowest BCUT2D eigenvalue weighted by Gasteiger charge is -2.23. The van der Waals surface area contributed by atoms with Crippen LogP contribution >= 0.6 is 12.4 Å². The first-order valence-corrected chi connectivity index (χ1v) is 7.86. The van der Waals surface area contributed by atoms with E-state index in [2.05, 4.69) is 5.32 Å². The smallest absolute Gasteiger partial charge is 0.380 e. The number of carbonyl (C=O) groups is 1. The second-order valence-electron chi connectivity index (χ2n) is 6.17. The summed E-state index contributed by atoms with van der Waals surface area (Å²) in [6, 6.07) is 4.57. The van der Waals surface area contributed by atoms with E-state index in [0.29, 0.717) is 12.0 Å². The van der Waals surface area contributed by atoms with E-state index in [1.807, 2.05) is 13.8 Å². The van der Waals surface area contributed by atoms with E-state index in [9.17, 15) is 18.0 Å². The van der Waals surface area contributed by atoms with Gasteiger partial charge in [-0.1, -0.05) is 26.0 Å². The van der Waals surface area contributed by atoms with Gasteiger partial charge in [0.25, 0.3) is 0 Å². The van der Waals surface area contributed by atoms with Crippen molar-refractivity contribution in [2.75, 3.05) is 13.7 Å². The highest BCUT2D eigenvalue weighted by Crippen LogP contribution is 2.32. The minimum absolute atomic E-state index is 0. The Kier molecular flexibility index (Phi) is 10.1. The fourth-order valence-electron chi connectivity index (χ4n) is 2.40. The van der Waals surface area contributed by atoms with E-state index in [0.717, 1.165) is 12.1 Å². The van der Waals surface area contributed by atoms with Crippen LogP contribution < -0.4 is 11.1 Å². The third kappa shape index (κ3) is 8.07.